The molecule has 18 heavy (non-hydrogen) atoms. The molecule has 0 amide bonds. The molecule has 0 aromatic rings. The molecule has 0 spiro atoms. The minimum Gasteiger partial charge on any atom is -0.388 e. The molecule has 1 fully saturated rings. The molecule has 1 heterocycles. The fourth-order valence-electron chi connectivity index (χ4n) is 2.65. The van der Waals surface area contributed by atoms with Crippen molar-refractivity contribution in [1.29, 1.82) is 0 Å². The molecule has 1 saturated heterocycles. The third-order valence-electron chi connectivity index (χ3n) is 3.71. The van der Waals surface area contributed by atoms with Gasteiger partial charge in [-0.15, -0.1) is 0 Å². The first-order valence-electron chi connectivity index (χ1n) is 7.26. The maximum atomic E-state index is 10.4. The average Bonchev–Trinajstić information content (AvgIpc) is 2.26. The summed E-state index contributed by atoms with van der Waals surface area (Å²) in [5.41, 5.74) is -0.641. The molecule has 108 valence electrons. The second kappa shape index (κ2) is 6.85. The lowest BCUT2D eigenvalue weighted by atomic mass is 10.0. The molecule has 0 aromatic carbocycles. The Morgan fingerprint density at radius 3 is 2.56 bits per heavy atom. The molecule has 2 unspecified atom stereocenters. The van der Waals surface area contributed by atoms with Gasteiger partial charge in [0.25, 0.3) is 0 Å². The Morgan fingerprint density at radius 2 is 2.06 bits per heavy atom. The summed E-state index contributed by atoms with van der Waals surface area (Å²) in [5.74, 6) is 0. The predicted octanol–water partition coefficient (Wildman–Crippen LogP) is 0.761. The zero-order valence-electron chi connectivity index (χ0n) is 12.7. The fourth-order valence-corrected chi connectivity index (χ4v) is 2.65. The minimum absolute atomic E-state index is 0.423. The third-order valence-corrected chi connectivity index (χ3v) is 3.71. The van der Waals surface area contributed by atoms with Crippen LogP contribution >= 0.6 is 0 Å². The smallest absolute Gasteiger partial charge is 0.0869 e. The van der Waals surface area contributed by atoms with E-state index in [4.69, 9.17) is 0 Å². The molecule has 0 radical (unpaired) electrons. The first-order valence-corrected chi connectivity index (χ1v) is 7.26. The largest absolute Gasteiger partial charge is 0.388 e. The summed E-state index contributed by atoms with van der Waals surface area (Å²) in [7, 11) is 0. The Kier molecular flexibility index (Phi) is 6.05. The van der Waals surface area contributed by atoms with Gasteiger partial charge in [0.1, 0.15) is 0 Å². The van der Waals surface area contributed by atoms with Crippen LogP contribution in [0.25, 0.3) is 0 Å². The Labute approximate surface area is 112 Å². The Balaban J connectivity index is 2.38. The summed E-state index contributed by atoms with van der Waals surface area (Å²) in [6, 6.07) is 1.02. The van der Waals surface area contributed by atoms with Crippen LogP contribution in [0.2, 0.25) is 0 Å². The number of likely N-dealkylation sites (N-methyl/N-ethyl adjacent to an activating group) is 1. The van der Waals surface area contributed by atoms with E-state index in [-0.39, 0.29) is 0 Å². The highest BCUT2D eigenvalue weighted by Crippen LogP contribution is 2.13. The van der Waals surface area contributed by atoms with Crippen LogP contribution in [-0.2, 0) is 0 Å². The molecule has 0 aliphatic carbocycles. The molecule has 1 aliphatic heterocycles. The summed E-state index contributed by atoms with van der Waals surface area (Å²) in [4.78, 5) is 4.89. The highest BCUT2D eigenvalue weighted by atomic mass is 16.3. The maximum Gasteiger partial charge on any atom is 0.0869 e. The van der Waals surface area contributed by atoms with Gasteiger partial charge < -0.3 is 10.4 Å². The summed E-state index contributed by atoms with van der Waals surface area (Å²) in [5, 5.41) is 13.7. The fraction of sp³-hybridized carbons (Fsp3) is 1.00. The Morgan fingerprint density at radius 1 is 1.39 bits per heavy atom. The molecule has 2 N–H and O–H groups in total. The van der Waals surface area contributed by atoms with Crippen molar-refractivity contribution in [2.45, 2.75) is 52.3 Å². The predicted molar refractivity (Wildman–Crippen MR) is 76.9 cm³/mol. The van der Waals surface area contributed by atoms with Crippen molar-refractivity contribution in [2.75, 3.05) is 39.3 Å². The Bertz CT molecular complexity index is 243. The lowest BCUT2D eigenvalue weighted by Crippen LogP contribution is -2.56. The second-order valence-electron chi connectivity index (χ2n) is 6.25. The van der Waals surface area contributed by atoms with Gasteiger partial charge in [-0.05, 0) is 20.4 Å². The van der Waals surface area contributed by atoms with Gasteiger partial charge in [0.15, 0.2) is 0 Å². The van der Waals surface area contributed by atoms with E-state index in [1.807, 2.05) is 6.92 Å². The van der Waals surface area contributed by atoms with Gasteiger partial charge in [-0.3, -0.25) is 9.80 Å². The summed E-state index contributed by atoms with van der Waals surface area (Å²) < 4.78 is 0. The van der Waals surface area contributed by atoms with Gasteiger partial charge in [-0.25, -0.2) is 0 Å². The number of hydrogen-bond acceptors (Lipinski definition) is 4. The summed E-state index contributed by atoms with van der Waals surface area (Å²) >= 11 is 0. The van der Waals surface area contributed by atoms with Crippen molar-refractivity contribution in [2.24, 2.45) is 0 Å². The topological polar surface area (TPSA) is 38.7 Å². The molecule has 1 aliphatic rings. The van der Waals surface area contributed by atoms with E-state index in [0.717, 1.165) is 32.7 Å². The van der Waals surface area contributed by atoms with Crippen molar-refractivity contribution in [3.8, 4) is 0 Å². The van der Waals surface area contributed by atoms with Gasteiger partial charge in [0, 0.05) is 44.8 Å². The number of aliphatic hydroxyl groups is 1. The standard InChI is InChI=1S/C14H31N3O/c1-6-17-8-7-16(9-13(17)4)11-14(5,18)10-15-12(2)3/h12-13,15,18H,6-11H2,1-5H3. The number of piperazine rings is 1. The van der Waals surface area contributed by atoms with E-state index in [9.17, 15) is 5.11 Å². The molecule has 4 nitrogen and oxygen atoms in total. The zero-order valence-corrected chi connectivity index (χ0v) is 12.7. The minimum atomic E-state index is -0.641. The quantitative estimate of drug-likeness (QED) is 0.737. The first-order chi connectivity index (χ1) is 8.34. The molecule has 1 rings (SSSR count). The van der Waals surface area contributed by atoms with Crippen molar-refractivity contribution in [3.63, 3.8) is 0 Å². The molecule has 4 heteroatoms. The van der Waals surface area contributed by atoms with Crippen LogP contribution in [-0.4, -0.2) is 71.9 Å². The average molecular weight is 257 g/mol. The number of nitrogens with one attached hydrogen (secondary N) is 1. The monoisotopic (exact) mass is 257 g/mol. The third kappa shape index (κ3) is 5.22. The van der Waals surface area contributed by atoms with Crippen LogP contribution in [0.5, 0.6) is 0 Å². The second-order valence-corrected chi connectivity index (χ2v) is 6.25. The Hall–Kier alpha value is -0.160. The van der Waals surface area contributed by atoms with Gasteiger partial charge >= 0.3 is 0 Å². The van der Waals surface area contributed by atoms with Crippen LogP contribution in [0.3, 0.4) is 0 Å². The van der Waals surface area contributed by atoms with E-state index >= 15 is 0 Å². The van der Waals surface area contributed by atoms with E-state index in [1.54, 1.807) is 0 Å². The van der Waals surface area contributed by atoms with Gasteiger partial charge in [0.05, 0.1) is 5.60 Å². The molecule has 0 saturated carbocycles. The SMILES string of the molecule is CCN1CCN(CC(C)(O)CNC(C)C)CC1C. The normalized spacial score (nSPS) is 26.5. The van der Waals surface area contributed by atoms with E-state index < -0.39 is 5.60 Å². The van der Waals surface area contributed by atoms with Crippen molar-refractivity contribution >= 4 is 0 Å². The van der Waals surface area contributed by atoms with Gasteiger partial charge in [-0.2, -0.15) is 0 Å². The van der Waals surface area contributed by atoms with Crippen molar-refractivity contribution < 1.29 is 5.11 Å². The molecule has 2 atom stereocenters. The van der Waals surface area contributed by atoms with E-state index in [0.29, 0.717) is 18.6 Å². The number of rotatable bonds is 6. The van der Waals surface area contributed by atoms with E-state index in [2.05, 4.69) is 42.8 Å². The van der Waals surface area contributed by atoms with Crippen LogP contribution < -0.4 is 5.32 Å². The van der Waals surface area contributed by atoms with Crippen molar-refractivity contribution in [3.05, 3.63) is 0 Å². The lowest BCUT2D eigenvalue weighted by Gasteiger charge is -2.42. The highest BCUT2D eigenvalue weighted by Gasteiger charge is 2.28. The van der Waals surface area contributed by atoms with Crippen LogP contribution in [0.4, 0.5) is 0 Å². The first kappa shape index (κ1) is 15.9. The summed E-state index contributed by atoms with van der Waals surface area (Å²) in [6.45, 7) is 16.4. The van der Waals surface area contributed by atoms with Crippen LogP contribution in [0.15, 0.2) is 0 Å². The van der Waals surface area contributed by atoms with E-state index in [1.165, 1.54) is 0 Å². The van der Waals surface area contributed by atoms with Crippen molar-refractivity contribution in [1.82, 2.24) is 15.1 Å². The molecule has 0 bridgehead atoms. The zero-order chi connectivity index (χ0) is 13.8. The van der Waals surface area contributed by atoms with Gasteiger partial charge in [0.2, 0.25) is 0 Å². The lowest BCUT2D eigenvalue weighted by molar-refractivity contribution is -0.00683. The molecular weight excluding hydrogens is 226 g/mol. The molecule has 0 aromatic heterocycles. The number of hydrogen-bond donors (Lipinski definition) is 2. The summed E-state index contributed by atoms with van der Waals surface area (Å²) in [6.07, 6.45) is 0. The number of nitrogens with zero attached hydrogens (tertiary/aromatic N) is 2. The van der Waals surface area contributed by atoms with Gasteiger partial charge in [-0.1, -0.05) is 20.8 Å². The number of β-amino-alcohol motifs (C(OH)–C–C–N with tert-alkyl or cyclic N) is 1. The van der Waals surface area contributed by atoms with Crippen LogP contribution in [0.1, 0.15) is 34.6 Å². The highest BCUT2D eigenvalue weighted by molar-refractivity contribution is 4.85. The van der Waals surface area contributed by atoms with Crippen LogP contribution in [0, 0.1) is 0 Å². The molecular formula is C14H31N3O. The maximum absolute atomic E-state index is 10.4.